The Hall–Kier alpha value is -1.37. The van der Waals surface area contributed by atoms with E-state index < -0.39 is 0 Å². The Kier molecular flexibility index (Phi) is 5.39. The van der Waals surface area contributed by atoms with Crippen molar-refractivity contribution in [3.8, 4) is 5.88 Å². The highest BCUT2D eigenvalue weighted by molar-refractivity contribution is 9.10. The first kappa shape index (κ1) is 16.0. The van der Waals surface area contributed by atoms with Gasteiger partial charge in [-0.2, -0.15) is 0 Å². The second kappa shape index (κ2) is 7.06. The fourth-order valence-corrected chi connectivity index (χ4v) is 3.09. The maximum Gasteiger partial charge on any atom is 0.317 e. The number of urea groups is 1. The van der Waals surface area contributed by atoms with Crippen LogP contribution < -0.4 is 10.1 Å². The van der Waals surface area contributed by atoms with Crippen molar-refractivity contribution in [2.24, 2.45) is 11.8 Å². The van der Waals surface area contributed by atoms with Crippen LogP contribution in [0.4, 0.5) is 4.79 Å². The van der Waals surface area contributed by atoms with Gasteiger partial charge in [0.2, 0.25) is 5.88 Å². The average molecular weight is 357 g/mol. The summed E-state index contributed by atoms with van der Waals surface area (Å²) in [6.45, 7) is 6.26. The summed E-state index contributed by atoms with van der Waals surface area (Å²) in [5, 5.41) is 2.90. The van der Waals surface area contributed by atoms with Gasteiger partial charge < -0.3 is 15.0 Å². The monoisotopic (exact) mass is 356 g/mol. The molecule has 6 nitrogen and oxygen atoms in total. The molecule has 0 aromatic carbocycles. The lowest BCUT2D eigenvalue weighted by atomic mass is 9.92. The second-order valence-corrected chi connectivity index (χ2v) is 6.47. The van der Waals surface area contributed by atoms with E-state index in [9.17, 15) is 4.79 Å². The van der Waals surface area contributed by atoms with Crippen LogP contribution in [-0.2, 0) is 6.54 Å². The van der Waals surface area contributed by atoms with Crippen LogP contribution >= 0.6 is 15.9 Å². The van der Waals surface area contributed by atoms with E-state index in [0.717, 1.165) is 13.1 Å². The van der Waals surface area contributed by atoms with Crippen LogP contribution in [0.3, 0.4) is 0 Å². The summed E-state index contributed by atoms with van der Waals surface area (Å²) in [7, 11) is 1.54. The Labute approximate surface area is 133 Å². The number of aromatic nitrogens is 2. The molecular weight excluding hydrogens is 336 g/mol. The molecule has 7 heteroatoms. The average Bonchev–Trinajstić information content (AvgIpc) is 2.43. The van der Waals surface area contributed by atoms with Gasteiger partial charge in [0.05, 0.1) is 19.9 Å². The molecule has 2 amide bonds. The molecule has 0 saturated carbocycles. The summed E-state index contributed by atoms with van der Waals surface area (Å²) in [4.78, 5) is 22.5. The molecule has 21 heavy (non-hydrogen) atoms. The predicted octanol–water partition coefficient (Wildman–Crippen LogP) is 2.44. The minimum atomic E-state index is -0.0581. The first-order chi connectivity index (χ1) is 9.99. The Morgan fingerprint density at radius 2 is 2.14 bits per heavy atom. The summed E-state index contributed by atoms with van der Waals surface area (Å²) in [6, 6.07) is -0.0581. The lowest BCUT2D eigenvalue weighted by molar-refractivity contribution is 0.145. The number of amides is 2. The van der Waals surface area contributed by atoms with E-state index in [1.165, 1.54) is 13.5 Å². The number of ether oxygens (including phenoxy) is 1. The number of piperidine rings is 1. The smallest absolute Gasteiger partial charge is 0.317 e. The molecule has 1 aromatic heterocycles. The maximum absolute atomic E-state index is 12.3. The van der Waals surface area contributed by atoms with Gasteiger partial charge in [0.25, 0.3) is 0 Å². The van der Waals surface area contributed by atoms with Crippen molar-refractivity contribution in [2.45, 2.75) is 26.8 Å². The van der Waals surface area contributed by atoms with Crippen molar-refractivity contribution in [3.63, 3.8) is 0 Å². The van der Waals surface area contributed by atoms with Crippen LogP contribution in [0, 0.1) is 11.8 Å². The third kappa shape index (κ3) is 4.30. The van der Waals surface area contributed by atoms with Crippen molar-refractivity contribution in [3.05, 3.63) is 16.5 Å². The van der Waals surface area contributed by atoms with Gasteiger partial charge in [-0.3, -0.25) is 0 Å². The Balaban J connectivity index is 1.96. The summed E-state index contributed by atoms with van der Waals surface area (Å²) in [5.74, 6) is 1.51. The van der Waals surface area contributed by atoms with Gasteiger partial charge in [-0.05, 0) is 34.2 Å². The molecule has 2 atom stereocenters. The quantitative estimate of drug-likeness (QED) is 0.902. The molecule has 2 unspecified atom stereocenters. The van der Waals surface area contributed by atoms with Crippen LogP contribution in [0.15, 0.2) is 10.8 Å². The Morgan fingerprint density at radius 3 is 2.76 bits per heavy atom. The molecule has 116 valence electrons. The number of nitrogens with zero attached hydrogens (tertiary/aromatic N) is 3. The predicted molar refractivity (Wildman–Crippen MR) is 83.0 cm³/mol. The summed E-state index contributed by atoms with van der Waals surface area (Å²) in [6.07, 6.45) is 2.74. The van der Waals surface area contributed by atoms with E-state index in [4.69, 9.17) is 4.74 Å². The fourth-order valence-electron chi connectivity index (χ4n) is 2.78. The molecule has 0 bridgehead atoms. The molecule has 1 saturated heterocycles. The number of carbonyl (C=O) groups excluding carboxylic acids is 1. The van der Waals surface area contributed by atoms with Gasteiger partial charge >= 0.3 is 6.03 Å². The lowest BCUT2D eigenvalue weighted by Crippen LogP contribution is -2.47. The number of halogens is 1. The Bertz CT molecular complexity index is 502. The maximum atomic E-state index is 12.3. The fraction of sp³-hybridized carbons (Fsp3) is 0.643. The van der Waals surface area contributed by atoms with Gasteiger partial charge in [0, 0.05) is 13.1 Å². The highest BCUT2D eigenvalue weighted by Gasteiger charge is 2.25. The van der Waals surface area contributed by atoms with Crippen molar-refractivity contribution in [2.75, 3.05) is 20.2 Å². The second-order valence-electron chi connectivity index (χ2n) is 5.66. The van der Waals surface area contributed by atoms with E-state index in [1.54, 1.807) is 6.20 Å². The van der Waals surface area contributed by atoms with E-state index in [-0.39, 0.29) is 6.03 Å². The van der Waals surface area contributed by atoms with E-state index in [2.05, 4.69) is 45.1 Å². The SMILES string of the molecule is COc1ncc(Br)nc1CNC(=O)N1CC(C)CC(C)C1. The minimum Gasteiger partial charge on any atom is -0.480 e. The van der Waals surface area contributed by atoms with E-state index in [0.29, 0.717) is 34.6 Å². The first-order valence-electron chi connectivity index (χ1n) is 7.07. The standard InChI is InChI=1S/C14H21BrN4O2/c1-9-4-10(2)8-19(7-9)14(20)17-5-11-13(21-3)16-6-12(15)18-11/h6,9-10H,4-5,7-8H2,1-3H3,(H,17,20). The highest BCUT2D eigenvalue weighted by Crippen LogP contribution is 2.21. The highest BCUT2D eigenvalue weighted by atomic mass is 79.9. The van der Waals surface area contributed by atoms with Crippen molar-refractivity contribution < 1.29 is 9.53 Å². The molecular formula is C14H21BrN4O2. The van der Waals surface area contributed by atoms with Crippen LogP contribution in [0.25, 0.3) is 0 Å². The van der Waals surface area contributed by atoms with Crippen molar-refractivity contribution >= 4 is 22.0 Å². The molecule has 0 radical (unpaired) electrons. The number of carbonyl (C=O) groups is 1. The van der Waals surface area contributed by atoms with Crippen LogP contribution in [0.2, 0.25) is 0 Å². The van der Waals surface area contributed by atoms with Gasteiger partial charge in [-0.15, -0.1) is 0 Å². The molecule has 1 fully saturated rings. The number of hydrogen-bond donors (Lipinski definition) is 1. The van der Waals surface area contributed by atoms with Crippen LogP contribution in [0.5, 0.6) is 5.88 Å². The summed E-state index contributed by atoms with van der Waals surface area (Å²) < 4.78 is 5.77. The largest absolute Gasteiger partial charge is 0.480 e. The number of likely N-dealkylation sites (tertiary alicyclic amines) is 1. The Morgan fingerprint density at radius 1 is 1.48 bits per heavy atom. The molecule has 0 spiro atoms. The third-order valence-electron chi connectivity index (χ3n) is 3.53. The molecule has 1 aliphatic rings. The van der Waals surface area contributed by atoms with Crippen molar-refractivity contribution in [1.82, 2.24) is 20.2 Å². The molecule has 1 aromatic rings. The lowest BCUT2D eigenvalue weighted by Gasteiger charge is -2.34. The summed E-state index contributed by atoms with van der Waals surface area (Å²) >= 11 is 3.27. The van der Waals surface area contributed by atoms with Crippen molar-refractivity contribution in [1.29, 1.82) is 0 Å². The molecule has 2 rings (SSSR count). The van der Waals surface area contributed by atoms with Gasteiger partial charge in [-0.25, -0.2) is 14.8 Å². The number of methoxy groups -OCH3 is 1. The van der Waals surface area contributed by atoms with Crippen LogP contribution in [-0.4, -0.2) is 41.1 Å². The normalized spacial score (nSPS) is 22.0. The summed E-state index contributed by atoms with van der Waals surface area (Å²) in [5.41, 5.74) is 0.610. The molecule has 1 N–H and O–H groups in total. The number of rotatable bonds is 3. The van der Waals surface area contributed by atoms with E-state index >= 15 is 0 Å². The van der Waals surface area contributed by atoms with Gasteiger partial charge in [0.15, 0.2) is 0 Å². The zero-order chi connectivity index (χ0) is 15.4. The minimum absolute atomic E-state index is 0.0581. The van der Waals surface area contributed by atoms with E-state index in [1.807, 2.05) is 4.90 Å². The van der Waals surface area contributed by atoms with Gasteiger partial charge in [0.1, 0.15) is 10.3 Å². The van der Waals surface area contributed by atoms with Crippen LogP contribution in [0.1, 0.15) is 26.0 Å². The topological polar surface area (TPSA) is 67.4 Å². The zero-order valence-corrected chi connectivity index (χ0v) is 14.2. The first-order valence-corrected chi connectivity index (χ1v) is 7.87. The molecule has 0 aliphatic carbocycles. The zero-order valence-electron chi connectivity index (χ0n) is 12.6. The molecule has 2 heterocycles. The molecule has 1 aliphatic heterocycles. The number of nitrogens with one attached hydrogen (secondary N) is 1. The number of hydrogen-bond acceptors (Lipinski definition) is 4. The van der Waals surface area contributed by atoms with Gasteiger partial charge in [-0.1, -0.05) is 13.8 Å². The third-order valence-corrected chi connectivity index (χ3v) is 3.92.